The molecule has 0 aromatic carbocycles. The molecule has 0 aliphatic rings. The first kappa shape index (κ1) is 16.5. The van der Waals surface area contributed by atoms with Gasteiger partial charge < -0.3 is 0 Å². The van der Waals surface area contributed by atoms with Gasteiger partial charge in [0.05, 0.1) is 0 Å². The van der Waals surface area contributed by atoms with E-state index in [4.69, 9.17) is 18.6 Å². The molecule has 5 nitrogen and oxygen atoms in total. The van der Waals surface area contributed by atoms with Crippen LogP contribution in [-0.2, 0) is 24.9 Å². The molecule has 0 aliphatic heterocycles. The van der Waals surface area contributed by atoms with E-state index in [0.717, 1.165) is 0 Å². The van der Waals surface area contributed by atoms with Crippen LogP contribution in [0.5, 0.6) is 0 Å². The van der Waals surface area contributed by atoms with E-state index < -0.39 is 14.2 Å². The molecule has 0 N–H and O–H groups in total. The van der Waals surface area contributed by atoms with E-state index in [9.17, 15) is 0 Å². The summed E-state index contributed by atoms with van der Waals surface area (Å²) >= 11 is -7.72. The van der Waals surface area contributed by atoms with Gasteiger partial charge in [-0.2, -0.15) is 0 Å². The normalized spacial score (nSPS) is 14.0. The summed E-state index contributed by atoms with van der Waals surface area (Å²) in [6.07, 6.45) is 0. The number of hydrogen-bond acceptors (Lipinski definition) is 5. The van der Waals surface area contributed by atoms with Crippen molar-refractivity contribution in [1.29, 1.82) is 0 Å². The van der Waals surface area contributed by atoms with E-state index in [1.54, 1.807) is 0 Å². The summed E-state index contributed by atoms with van der Waals surface area (Å²) in [6.45, 7) is 0. The summed E-state index contributed by atoms with van der Waals surface area (Å²) in [5.41, 5.74) is 0. The first-order valence-electron chi connectivity index (χ1n) is 0.722. The summed E-state index contributed by atoms with van der Waals surface area (Å²) in [7, 11) is 0. The van der Waals surface area contributed by atoms with Gasteiger partial charge in [0.2, 0.25) is 0 Å². The van der Waals surface area contributed by atoms with E-state index in [2.05, 4.69) is 0 Å². The van der Waals surface area contributed by atoms with Gasteiger partial charge in [0, 0.05) is 0 Å². The Bertz CT molecular complexity index is 189. The first-order valence-corrected chi connectivity index (χ1v) is 4.27. The van der Waals surface area contributed by atoms with Gasteiger partial charge in [0.25, 0.3) is 0 Å². The van der Waals surface area contributed by atoms with Crippen LogP contribution in [0.25, 0.3) is 0 Å². The molecule has 0 saturated carbocycles. The SMILES string of the molecule is [Na+].[Na+].[O]=[Ru](=[O])(=[O])([O-])[O-]. The summed E-state index contributed by atoms with van der Waals surface area (Å²) in [5, 5.41) is 0. The monoisotopic (exact) mass is 228 g/mol. The maximum atomic E-state index is 8.64. The second-order valence-corrected chi connectivity index (χ2v) is 3.49. The van der Waals surface area contributed by atoms with E-state index in [1.807, 2.05) is 0 Å². The molecular weight excluding hydrogens is 227 g/mol. The fourth-order valence-electron chi connectivity index (χ4n) is 0. The molecule has 0 aromatic heterocycles. The van der Waals surface area contributed by atoms with Crippen LogP contribution in [0.4, 0.5) is 0 Å². The molecule has 40 valence electrons. The van der Waals surface area contributed by atoms with Gasteiger partial charge in [-0.3, -0.25) is 0 Å². The van der Waals surface area contributed by atoms with Crippen LogP contribution in [0.1, 0.15) is 0 Å². The Morgan fingerprint density at radius 3 is 0.875 bits per heavy atom. The van der Waals surface area contributed by atoms with Crippen LogP contribution in [0.15, 0.2) is 0 Å². The van der Waals surface area contributed by atoms with Crippen molar-refractivity contribution >= 4 is 0 Å². The molecule has 0 aliphatic carbocycles. The van der Waals surface area contributed by atoms with E-state index >= 15 is 0 Å². The second-order valence-electron chi connectivity index (χ2n) is 0.589. The predicted octanol–water partition coefficient (Wildman–Crippen LogP) is -8.73. The molecule has 0 bridgehead atoms. The minimum absolute atomic E-state index is 0. The Labute approximate surface area is 90.4 Å². The Kier molecular flexibility index (Phi) is 8.16. The van der Waals surface area contributed by atoms with Crippen LogP contribution in [0.2, 0.25) is 0 Å². The van der Waals surface area contributed by atoms with E-state index in [-0.39, 0.29) is 59.1 Å². The van der Waals surface area contributed by atoms with Crippen molar-refractivity contribution in [3.05, 3.63) is 0 Å². The summed E-state index contributed by atoms with van der Waals surface area (Å²) in [4.78, 5) is 0. The van der Waals surface area contributed by atoms with Crippen LogP contribution >= 0.6 is 0 Å². The molecule has 0 saturated heterocycles. The quantitative estimate of drug-likeness (QED) is 0.383. The molecule has 0 heterocycles. The zero-order valence-corrected chi connectivity index (χ0v) is 10.1. The Morgan fingerprint density at radius 1 is 0.875 bits per heavy atom. The summed E-state index contributed by atoms with van der Waals surface area (Å²) in [5.74, 6) is 0. The third-order valence-electron chi connectivity index (χ3n) is 0. The molecule has 0 aromatic rings. The van der Waals surface area contributed by atoms with Gasteiger partial charge in [0.1, 0.15) is 0 Å². The molecule has 8 heavy (non-hydrogen) atoms. The second kappa shape index (κ2) is 3.96. The molecule has 0 amide bonds. The number of hydrogen-bond donors (Lipinski definition) is 0. The Balaban J connectivity index is -0.000000125. The van der Waals surface area contributed by atoms with Crippen molar-refractivity contribution in [2.75, 3.05) is 0 Å². The molecule has 0 rings (SSSR count). The molecule has 0 radical (unpaired) electrons. The zero-order valence-electron chi connectivity index (χ0n) is 4.39. The molecule has 8 heteroatoms. The summed E-state index contributed by atoms with van der Waals surface area (Å²) < 4.78 is 43.2. The van der Waals surface area contributed by atoms with Gasteiger partial charge in [0.15, 0.2) is 0 Å². The van der Waals surface area contributed by atoms with Crippen molar-refractivity contribution < 1.29 is 91.9 Å². The number of rotatable bonds is 0. The fraction of sp³-hybridized carbons (Fsp3) is 0. The molecule has 0 atom stereocenters. The van der Waals surface area contributed by atoms with Crippen molar-refractivity contribution in [3.8, 4) is 0 Å². The van der Waals surface area contributed by atoms with Crippen LogP contribution in [0.3, 0.4) is 0 Å². The first-order chi connectivity index (χ1) is 2.24. The molecular formula is Na2O5Ru. The fourth-order valence-corrected chi connectivity index (χ4v) is 0. The van der Waals surface area contributed by atoms with Crippen LogP contribution in [0, 0.1) is 0 Å². The third kappa shape index (κ3) is 101. The van der Waals surface area contributed by atoms with Gasteiger partial charge in [-0.25, -0.2) is 0 Å². The third-order valence-corrected chi connectivity index (χ3v) is 0. The molecule has 0 fully saturated rings. The van der Waals surface area contributed by atoms with Crippen LogP contribution < -0.4 is 67.0 Å². The summed E-state index contributed by atoms with van der Waals surface area (Å²) in [6, 6.07) is 0. The van der Waals surface area contributed by atoms with E-state index in [1.165, 1.54) is 0 Å². The van der Waals surface area contributed by atoms with Gasteiger partial charge in [-0.15, -0.1) is 0 Å². The van der Waals surface area contributed by atoms with Gasteiger partial charge in [-0.1, -0.05) is 0 Å². The van der Waals surface area contributed by atoms with Crippen molar-refractivity contribution in [2.45, 2.75) is 0 Å². The van der Waals surface area contributed by atoms with Crippen LogP contribution in [-0.4, -0.2) is 0 Å². The van der Waals surface area contributed by atoms with Gasteiger partial charge in [-0.05, 0) is 0 Å². The van der Waals surface area contributed by atoms with E-state index in [0.29, 0.717) is 0 Å². The Hall–Kier alpha value is 1.94. The van der Waals surface area contributed by atoms with Crippen molar-refractivity contribution in [2.24, 2.45) is 0 Å². The molecule has 0 unspecified atom stereocenters. The molecule has 0 spiro atoms. The average Bonchev–Trinajstić information content (AvgIpc) is 0.650. The maximum absolute atomic E-state index is 8.64. The minimum atomic E-state index is -7.72. The Morgan fingerprint density at radius 2 is 0.875 bits per heavy atom. The standard InChI is InChI=1S/2Na.5O.Ru/q2*+1;;;;2*-1;. The van der Waals surface area contributed by atoms with Crippen molar-refractivity contribution in [3.63, 3.8) is 0 Å². The zero-order chi connectivity index (χ0) is 5.45. The topological polar surface area (TPSA) is 97.3 Å². The van der Waals surface area contributed by atoms with Gasteiger partial charge >= 0.3 is 91.9 Å². The average molecular weight is 227 g/mol. The predicted molar refractivity (Wildman–Crippen MR) is 2.06 cm³/mol. The van der Waals surface area contributed by atoms with Crippen molar-refractivity contribution in [1.82, 2.24) is 0 Å².